The summed E-state index contributed by atoms with van der Waals surface area (Å²) in [6, 6.07) is 17.8. The molecule has 0 saturated heterocycles. The molecule has 2 aromatic rings. The van der Waals surface area contributed by atoms with Gasteiger partial charge < -0.3 is 10.1 Å². The molecule has 0 radical (unpaired) electrons. The number of ether oxygens (including phenoxy) is 1. The Bertz CT molecular complexity index is 603. The van der Waals surface area contributed by atoms with Gasteiger partial charge in [0, 0.05) is 12.0 Å². The van der Waals surface area contributed by atoms with Crippen LogP contribution in [-0.2, 0) is 16.6 Å². The highest BCUT2D eigenvalue weighted by atomic mass is 16.5. The number of carbonyl (C=O) groups is 1. The SMILES string of the molecule is COc1ccc(C(C)(C)CNC(=O)Cc2ccccc2)cc1. The van der Waals surface area contributed by atoms with Crippen molar-refractivity contribution in [2.24, 2.45) is 0 Å². The van der Waals surface area contributed by atoms with Crippen molar-refractivity contribution in [3.63, 3.8) is 0 Å². The lowest BCUT2D eigenvalue weighted by Gasteiger charge is -2.26. The summed E-state index contributed by atoms with van der Waals surface area (Å²) in [5.41, 5.74) is 2.08. The van der Waals surface area contributed by atoms with Gasteiger partial charge in [-0.2, -0.15) is 0 Å². The van der Waals surface area contributed by atoms with Crippen molar-refractivity contribution in [3.05, 3.63) is 65.7 Å². The Morgan fingerprint density at radius 3 is 2.27 bits per heavy atom. The average Bonchev–Trinajstić information content (AvgIpc) is 2.54. The first-order valence-electron chi connectivity index (χ1n) is 7.46. The van der Waals surface area contributed by atoms with Gasteiger partial charge >= 0.3 is 0 Å². The van der Waals surface area contributed by atoms with E-state index in [9.17, 15) is 4.79 Å². The van der Waals surface area contributed by atoms with E-state index >= 15 is 0 Å². The second-order valence-electron chi connectivity index (χ2n) is 6.05. The van der Waals surface area contributed by atoms with Crippen LogP contribution in [0.2, 0.25) is 0 Å². The molecule has 22 heavy (non-hydrogen) atoms. The molecule has 0 saturated carbocycles. The first-order chi connectivity index (χ1) is 10.5. The van der Waals surface area contributed by atoms with Crippen LogP contribution in [0.1, 0.15) is 25.0 Å². The molecule has 3 heteroatoms. The fraction of sp³-hybridized carbons (Fsp3) is 0.316. The van der Waals surface area contributed by atoms with Gasteiger partial charge in [0.05, 0.1) is 13.5 Å². The second-order valence-corrected chi connectivity index (χ2v) is 6.05. The molecular formula is C19H23NO2. The Morgan fingerprint density at radius 1 is 1.05 bits per heavy atom. The molecule has 0 aliphatic heterocycles. The molecule has 3 nitrogen and oxygen atoms in total. The molecule has 1 N–H and O–H groups in total. The van der Waals surface area contributed by atoms with Crippen molar-refractivity contribution in [2.45, 2.75) is 25.7 Å². The molecule has 0 unspecified atom stereocenters. The van der Waals surface area contributed by atoms with Crippen molar-refractivity contribution in [1.82, 2.24) is 5.32 Å². The zero-order chi connectivity index (χ0) is 16.0. The topological polar surface area (TPSA) is 38.3 Å². The van der Waals surface area contributed by atoms with Crippen LogP contribution in [-0.4, -0.2) is 19.6 Å². The molecule has 0 bridgehead atoms. The first-order valence-corrected chi connectivity index (χ1v) is 7.46. The number of carbonyl (C=O) groups excluding carboxylic acids is 1. The van der Waals surface area contributed by atoms with Gasteiger partial charge in [0.1, 0.15) is 5.75 Å². The number of methoxy groups -OCH3 is 1. The third-order valence-corrected chi connectivity index (χ3v) is 3.81. The smallest absolute Gasteiger partial charge is 0.224 e. The van der Waals surface area contributed by atoms with Crippen LogP contribution in [0.15, 0.2) is 54.6 Å². The Balaban J connectivity index is 1.92. The average molecular weight is 297 g/mol. The summed E-state index contributed by atoms with van der Waals surface area (Å²) >= 11 is 0. The molecule has 0 aromatic heterocycles. The maximum absolute atomic E-state index is 12.1. The van der Waals surface area contributed by atoms with Gasteiger partial charge in [-0.1, -0.05) is 56.3 Å². The quantitative estimate of drug-likeness (QED) is 0.888. The number of rotatable bonds is 6. The number of amides is 1. The molecular weight excluding hydrogens is 274 g/mol. The van der Waals surface area contributed by atoms with Gasteiger partial charge in [-0.05, 0) is 23.3 Å². The summed E-state index contributed by atoms with van der Waals surface area (Å²) < 4.78 is 5.18. The Labute approximate surface area is 132 Å². The lowest BCUT2D eigenvalue weighted by molar-refractivity contribution is -0.120. The van der Waals surface area contributed by atoms with E-state index in [4.69, 9.17) is 4.74 Å². The van der Waals surface area contributed by atoms with Crippen LogP contribution in [0.3, 0.4) is 0 Å². The highest BCUT2D eigenvalue weighted by Crippen LogP contribution is 2.24. The Kier molecular flexibility index (Phi) is 5.21. The fourth-order valence-electron chi connectivity index (χ4n) is 2.31. The Morgan fingerprint density at radius 2 is 1.68 bits per heavy atom. The van der Waals surface area contributed by atoms with Gasteiger partial charge in [-0.15, -0.1) is 0 Å². The molecule has 0 aliphatic rings. The lowest BCUT2D eigenvalue weighted by atomic mass is 9.84. The zero-order valence-corrected chi connectivity index (χ0v) is 13.4. The van der Waals surface area contributed by atoms with Crippen molar-refractivity contribution in [3.8, 4) is 5.75 Å². The van der Waals surface area contributed by atoms with Gasteiger partial charge in [0.25, 0.3) is 0 Å². The van der Waals surface area contributed by atoms with E-state index in [0.717, 1.165) is 11.3 Å². The van der Waals surface area contributed by atoms with Gasteiger partial charge in [-0.3, -0.25) is 4.79 Å². The van der Waals surface area contributed by atoms with E-state index in [-0.39, 0.29) is 11.3 Å². The van der Waals surface area contributed by atoms with Crippen LogP contribution in [0.5, 0.6) is 5.75 Å². The van der Waals surface area contributed by atoms with Crippen molar-refractivity contribution < 1.29 is 9.53 Å². The molecule has 2 rings (SSSR count). The summed E-state index contributed by atoms with van der Waals surface area (Å²) in [5.74, 6) is 0.889. The normalized spacial score (nSPS) is 11.0. The molecule has 0 atom stereocenters. The lowest BCUT2D eigenvalue weighted by Crippen LogP contribution is -2.37. The number of benzene rings is 2. The van der Waals surface area contributed by atoms with Crippen molar-refractivity contribution >= 4 is 5.91 Å². The summed E-state index contributed by atoms with van der Waals surface area (Å²) in [6.45, 7) is 4.85. The minimum Gasteiger partial charge on any atom is -0.497 e. The third kappa shape index (κ3) is 4.35. The molecule has 0 fully saturated rings. The van der Waals surface area contributed by atoms with Gasteiger partial charge in [-0.25, -0.2) is 0 Å². The van der Waals surface area contributed by atoms with Crippen LogP contribution in [0.25, 0.3) is 0 Å². The predicted molar refractivity (Wildman–Crippen MR) is 89.2 cm³/mol. The van der Waals surface area contributed by atoms with Crippen LogP contribution < -0.4 is 10.1 Å². The zero-order valence-electron chi connectivity index (χ0n) is 13.4. The maximum atomic E-state index is 12.1. The predicted octanol–water partition coefficient (Wildman–Crippen LogP) is 3.33. The third-order valence-electron chi connectivity index (χ3n) is 3.81. The molecule has 116 valence electrons. The minimum absolute atomic E-state index is 0.0489. The largest absolute Gasteiger partial charge is 0.497 e. The van der Waals surface area contributed by atoms with E-state index < -0.39 is 0 Å². The van der Waals surface area contributed by atoms with Gasteiger partial charge in [0.15, 0.2) is 0 Å². The summed E-state index contributed by atoms with van der Waals surface area (Å²) in [7, 11) is 1.66. The number of hydrogen-bond acceptors (Lipinski definition) is 2. The highest BCUT2D eigenvalue weighted by molar-refractivity contribution is 5.78. The first kappa shape index (κ1) is 16.1. The van der Waals surface area contributed by atoms with Crippen molar-refractivity contribution in [2.75, 3.05) is 13.7 Å². The van der Waals surface area contributed by atoms with E-state index in [1.54, 1.807) is 7.11 Å². The van der Waals surface area contributed by atoms with E-state index in [1.165, 1.54) is 5.56 Å². The molecule has 2 aromatic carbocycles. The second kappa shape index (κ2) is 7.12. The van der Waals surface area contributed by atoms with E-state index in [1.807, 2.05) is 54.6 Å². The van der Waals surface area contributed by atoms with Crippen LogP contribution in [0, 0.1) is 0 Å². The summed E-state index contributed by atoms with van der Waals surface area (Å²) in [5, 5.41) is 3.03. The monoisotopic (exact) mass is 297 g/mol. The Hall–Kier alpha value is -2.29. The fourth-order valence-corrected chi connectivity index (χ4v) is 2.31. The van der Waals surface area contributed by atoms with E-state index in [0.29, 0.717) is 13.0 Å². The number of hydrogen-bond donors (Lipinski definition) is 1. The summed E-state index contributed by atoms with van der Waals surface area (Å²) in [6.07, 6.45) is 0.416. The molecule has 1 amide bonds. The minimum atomic E-state index is -0.126. The maximum Gasteiger partial charge on any atom is 0.224 e. The molecule has 0 heterocycles. The van der Waals surface area contributed by atoms with E-state index in [2.05, 4.69) is 19.2 Å². The van der Waals surface area contributed by atoms with Crippen LogP contribution >= 0.6 is 0 Å². The highest BCUT2D eigenvalue weighted by Gasteiger charge is 2.21. The van der Waals surface area contributed by atoms with Crippen LogP contribution in [0.4, 0.5) is 0 Å². The number of nitrogens with one attached hydrogen (secondary N) is 1. The molecule has 0 aliphatic carbocycles. The standard InChI is InChI=1S/C19H23NO2/c1-19(2,16-9-11-17(22-3)12-10-16)14-20-18(21)13-15-7-5-4-6-8-15/h4-12H,13-14H2,1-3H3,(H,20,21). The van der Waals surface area contributed by atoms with Gasteiger partial charge in [0.2, 0.25) is 5.91 Å². The summed E-state index contributed by atoms with van der Waals surface area (Å²) in [4.78, 5) is 12.1. The molecule has 0 spiro atoms. The van der Waals surface area contributed by atoms with Crippen molar-refractivity contribution in [1.29, 1.82) is 0 Å².